The van der Waals surface area contributed by atoms with Gasteiger partial charge in [0.15, 0.2) is 0 Å². The largest absolute Gasteiger partial charge is 0.400 e. The van der Waals surface area contributed by atoms with Crippen molar-refractivity contribution in [2.75, 3.05) is 11.5 Å². The van der Waals surface area contributed by atoms with Crippen molar-refractivity contribution in [2.24, 2.45) is 0 Å². The molecule has 192 valence electrons. The summed E-state index contributed by atoms with van der Waals surface area (Å²) >= 11 is 1.72. The average molecular weight is 513 g/mol. The number of hydrogen-bond donors (Lipinski definition) is 1. The zero-order chi connectivity index (χ0) is 25.1. The third-order valence-corrected chi connectivity index (χ3v) is 8.32. The number of thioether (sulfide) groups is 1. The molecule has 0 amide bonds. The van der Waals surface area contributed by atoms with Gasteiger partial charge in [-0.15, -0.1) is 0 Å². The van der Waals surface area contributed by atoms with Gasteiger partial charge >= 0.3 is 18.9 Å². The lowest BCUT2D eigenvalue weighted by Gasteiger charge is -2.29. The number of aromatic nitrogens is 2. The highest BCUT2D eigenvalue weighted by molar-refractivity contribution is 7.99. The van der Waals surface area contributed by atoms with E-state index in [0.717, 1.165) is 37.2 Å². The predicted molar refractivity (Wildman–Crippen MR) is 131 cm³/mol. The Hall–Kier alpha value is -0.960. The number of H-pyrrole nitrogens is 1. The summed E-state index contributed by atoms with van der Waals surface area (Å²) in [6, 6.07) is 0. The molecule has 0 bridgehead atoms. The quantitative estimate of drug-likeness (QED) is 0.205. The Morgan fingerprint density at radius 2 is 1.55 bits per heavy atom. The van der Waals surface area contributed by atoms with E-state index in [9.17, 15) is 22.9 Å². The molecule has 0 spiro atoms. The van der Waals surface area contributed by atoms with E-state index in [1.54, 1.807) is 52.6 Å². The number of unbranched alkanes of at least 4 members (excludes halogenated alkanes) is 4. The van der Waals surface area contributed by atoms with E-state index in [-0.39, 0.29) is 17.7 Å². The van der Waals surface area contributed by atoms with Crippen molar-refractivity contribution in [3.63, 3.8) is 0 Å². The van der Waals surface area contributed by atoms with Gasteiger partial charge in [-0.1, -0.05) is 12.8 Å². The summed E-state index contributed by atoms with van der Waals surface area (Å²) in [5.74, 6) is 1.71. The second-order valence-electron chi connectivity index (χ2n) is 8.72. The van der Waals surface area contributed by atoms with Crippen LogP contribution in [0, 0.1) is 6.92 Å². The van der Waals surface area contributed by atoms with Crippen LogP contribution in [0.3, 0.4) is 0 Å². The molecular formula is C22H39F2N2O5PS. The van der Waals surface area contributed by atoms with E-state index in [2.05, 4.69) is 4.98 Å². The summed E-state index contributed by atoms with van der Waals surface area (Å²) in [6.07, 6.45) is 4.55. The lowest BCUT2D eigenvalue weighted by atomic mass is 10.2. The molecule has 1 aromatic rings. The van der Waals surface area contributed by atoms with Crippen LogP contribution >= 0.6 is 19.4 Å². The maximum Gasteiger partial charge on any atom is 0.400 e. The molecule has 11 heteroatoms. The fourth-order valence-electron chi connectivity index (χ4n) is 3.14. The van der Waals surface area contributed by atoms with Crippen molar-refractivity contribution >= 4 is 19.4 Å². The number of alkyl halides is 2. The molecule has 0 saturated carbocycles. The summed E-state index contributed by atoms with van der Waals surface area (Å²) in [6.45, 7) is 8.50. The van der Waals surface area contributed by atoms with E-state index in [1.807, 2.05) is 0 Å². The summed E-state index contributed by atoms with van der Waals surface area (Å²) in [5.41, 5.74) is -3.71. The van der Waals surface area contributed by atoms with Crippen molar-refractivity contribution in [3.05, 3.63) is 32.6 Å². The standard InChI is InChI=1S/C22H39F2N2O5PS/c1-17(2)30-32(29,31-18(3)4)22(23,24)12-8-11-15-33-14-10-7-6-9-13-26-16-19(5)20(27)25-21(26)28/h16-18H,6-15H2,1-5H3,(H,25,27,28). The number of aromatic amines is 1. The number of rotatable bonds is 17. The fourth-order valence-corrected chi connectivity index (χ4v) is 6.06. The molecule has 7 nitrogen and oxygen atoms in total. The topological polar surface area (TPSA) is 90.4 Å². The Bertz CT molecular complexity index is 859. The Morgan fingerprint density at radius 3 is 2.12 bits per heavy atom. The van der Waals surface area contributed by atoms with Crippen molar-refractivity contribution in [1.82, 2.24) is 9.55 Å². The van der Waals surface area contributed by atoms with Gasteiger partial charge in [0.2, 0.25) is 0 Å². The van der Waals surface area contributed by atoms with Gasteiger partial charge in [-0.3, -0.25) is 14.3 Å². The van der Waals surface area contributed by atoms with Gasteiger partial charge in [-0.2, -0.15) is 20.5 Å². The Kier molecular flexibility index (Phi) is 13.2. The molecule has 1 N–H and O–H groups in total. The fraction of sp³-hybridized carbons (Fsp3) is 0.818. The zero-order valence-electron chi connectivity index (χ0n) is 20.4. The summed E-state index contributed by atoms with van der Waals surface area (Å²) in [5, 5.41) is 0. The van der Waals surface area contributed by atoms with Gasteiger partial charge in [-0.05, 0) is 71.8 Å². The first kappa shape index (κ1) is 30.1. The van der Waals surface area contributed by atoms with Crippen molar-refractivity contribution < 1.29 is 22.4 Å². The zero-order valence-corrected chi connectivity index (χ0v) is 22.1. The minimum atomic E-state index is -4.52. The molecule has 0 atom stereocenters. The van der Waals surface area contributed by atoms with Gasteiger partial charge in [0.25, 0.3) is 5.56 Å². The number of halogens is 2. The first-order valence-electron chi connectivity index (χ1n) is 11.6. The van der Waals surface area contributed by atoms with Crippen molar-refractivity contribution in [1.29, 1.82) is 0 Å². The van der Waals surface area contributed by atoms with Crippen LogP contribution in [0.2, 0.25) is 0 Å². The van der Waals surface area contributed by atoms with Crippen LogP contribution in [0.5, 0.6) is 0 Å². The van der Waals surface area contributed by atoms with Gasteiger partial charge < -0.3 is 13.6 Å². The van der Waals surface area contributed by atoms with Crippen molar-refractivity contribution in [3.8, 4) is 0 Å². The molecule has 0 aliphatic heterocycles. The summed E-state index contributed by atoms with van der Waals surface area (Å²) < 4.78 is 53.4. The smallest absolute Gasteiger partial charge is 0.302 e. The minimum Gasteiger partial charge on any atom is -0.302 e. The highest BCUT2D eigenvalue weighted by Crippen LogP contribution is 2.65. The second kappa shape index (κ2) is 14.4. The monoisotopic (exact) mass is 512 g/mol. The molecule has 33 heavy (non-hydrogen) atoms. The molecule has 1 rings (SSSR count). The van der Waals surface area contributed by atoms with E-state index in [4.69, 9.17) is 9.05 Å². The highest BCUT2D eigenvalue weighted by atomic mass is 32.2. The Morgan fingerprint density at radius 1 is 1.00 bits per heavy atom. The second-order valence-corrected chi connectivity index (χ2v) is 12.0. The van der Waals surface area contributed by atoms with Crippen LogP contribution < -0.4 is 11.2 Å². The molecule has 1 aromatic heterocycles. The molecule has 1 heterocycles. The maximum absolute atomic E-state index is 14.6. The van der Waals surface area contributed by atoms with Crippen molar-refractivity contribution in [2.45, 2.75) is 104 Å². The summed E-state index contributed by atoms with van der Waals surface area (Å²) in [4.78, 5) is 25.4. The first-order chi connectivity index (χ1) is 15.4. The Labute approximate surface area is 199 Å². The van der Waals surface area contributed by atoms with Crippen LogP contribution in [0.25, 0.3) is 0 Å². The van der Waals surface area contributed by atoms with E-state index in [1.165, 1.54) is 4.57 Å². The number of aryl methyl sites for hydroxylation is 2. The third kappa shape index (κ3) is 10.9. The molecule has 0 saturated heterocycles. The number of nitrogens with one attached hydrogen (secondary N) is 1. The van der Waals surface area contributed by atoms with Gasteiger partial charge in [-0.25, -0.2) is 4.79 Å². The number of hydrogen-bond acceptors (Lipinski definition) is 6. The average Bonchev–Trinajstić information content (AvgIpc) is 2.68. The lowest BCUT2D eigenvalue weighted by Crippen LogP contribution is -2.30. The first-order valence-corrected chi connectivity index (χ1v) is 14.3. The normalized spacial score (nSPS) is 12.8. The van der Waals surface area contributed by atoms with Crippen LogP contribution in [0.15, 0.2) is 15.8 Å². The molecule has 0 radical (unpaired) electrons. The Balaban J connectivity index is 2.20. The maximum atomic E-state index is 14.6. The third-order valence-electron chi connectivity index (χ3n) is 4.74. The minimum absolute atomic E-state index is 0.250. The van der Waals surface area contributed by atoms with E-state index < -0.39 is 31.9 Å². The van der Waals surface area contributed by atoms with Gasteiger partial charge in [0, 0.05) is 24.7 Å². The predicted octanol–water partition coefficient (Wildman–Crippen LogP) is 5.94. The SMILES string of the molecule is Cc1cn(CCCCCCSCCCCC(F)(F)P(=O)(OC(C)C)OC(C)C)c(=O)[nH]c1=O. The summed E-state index contributed by atoms with van der Waals surface area (Å²) in [7, 11) is -4.52. The van der Waals surface area contributed by atoms with E-state index >= 15 is 0 Å². The van der Waals surface area contributed by atoms with Crippen LogP contribution in [0.1, 0.15) is 78.2 Å². The van der Waals surface area contributed by atoms with Crippen LogP contribution in [-0.2, 0) is 20.2 Å². The van der Waals surface area contributed by atoms with Crippen LogP contribution in [-0.4, -0.2) is 38.9 Å². The van der Waals surface area contributed by atoms with Gasteiger partial charge in [0.1, 0.15) is 0 Å². The molecule has 0 aliphatic carbocycles. The molecule has 0 fully saturated rings. The number of nitrogens with zero attached hydrogens (tertiary/aromatic N) is 1. The highest BCUT2D eigenvalue weighted by Gasteiger charge is 2.53. The van der Waals surface area contributed by atoms with Gasteiger partial charge in [0.05, 0.1) is 12.2 Å². The van der Waals surface area contributed by atoms with E-state index in [0.29, 0.717) is 18.5 Å². The lowest BCUT2D eigenvalue weighted by molar-refractivity contribution is 0.0126. The molecular weight excluding hydrogens is 473 g/mol. The molecule has 0 unspecified atom stereocenters. The molecule has 0 aromatic carbocycles. The van der Waals surface area contributed by atoms with Crippen LogP contribution in [0.4, 0.5) is 8.78 Å². The molecule has 0 aliphatic rings.